The third-order valence-electron chi connectivity index (χ3n) is 2.29. The minimum atomic E-state index is -0.198. The summed E-state index contributed by atoms with van der Waals surface area (Å²) < 4.78 is 3.23. The Balaban J connectivity index is 2.25. The van der Waals surface area contributed by atoms with E-state index in [9.17, 15) is 4.79 Å². The SMILES string of the molecule is CCCn1ncnc1Cn1cnc(Cl)cc1=O. The molecule has 0 aromatic carbocycles. The normalized spacial score (nSPS) is 10.7. The molecule has 2 rings (SSSR count). The second-order valence-electron chi connectivity index (χ2n) is 3.58. The second-order valence-corrected chi connectivity index (χ2v) is 3.96. The van der Waals surface area contributed by atoms with Crippen LogP contribution in [0, 0.1) is 0 Å². The molecule has 0 aliphatic rings. The van der Waals surface area contributed by atoms with Gasteiger partial charge in [0.2, 0.25) is 0 Å². The first-order valence-electron chi connectivity index (χ1n) is 5.29. The van der Waals surface area contributed by atoms with Crippen LogP contribution in [0.5, 0.6) is 0 Å². The molecule has 0 saturated heterocycles. The van der Waals surface area contributed by atoms with Crippen molar-refractivity contribution < 1.29 is 0 Å². The standard InChI is InChI=1S/C10H12ClN5O/c1-2-3-16-9(12-6-14-16)5-15-7-13-8(11)4-10(15)17/h4,6-7H,2-3,5H2,1H3. The fourth-order valence-corrected chi connectivity index (χ4v) is 1.62. The average Bonchev–Trinajstić information content (AvgIpc) is 2.71. The van der Waals surface area contributed by atoms with Gasteiger partial charge in [-0.2, -0.15) is 5.10 Å². The molecule has 0 N–H and O–H groups in total. The van der Waals surface area contributed by atoms with Crippen molar-refractivity contribution >= 4 is 11.6 Å². The molecule has 17 heavy (non-hydrogen) atoms. The van der Waals surface area contributed by atoms with Crippen LogP contribution in [-0.4, -0.2) is 24.3 Å². The van der Waals surface area contributed by atoms with E-state index >= 15 is 0 Å². The smallest absolute Gasteiger partial charge is 0.255 e. The molecule has 0 bridgehead atoms. The highest BCUT2D eigenvalue weighted by Gasteiger charge is 2.06. The van der Waals surface area contributed by atoms with Gasteiger partial charge in [0, 0.05) is 12.6 Å². The zero-order valence-corrected chi connectivity index (χ0v) is 10.1. The maximum atomic E-state index is 11.6. The summed E-state index contributed by atoms with van der Waals surface area (Å²) in [6.45, 7) is 3.19. The Morgan fingerprint density at radius 1 is 1.41 bits per heavy atom. The number of hydrogen-bond acceptors (Lipinski definition) is 4. The van der Waals surface area contributed by atoms with Crippen molar-refractivity contribution in [1.82, 2.24) is 24.3 Å². The summed E-state index contributed by atoms with van der Waals surface area (Å²) >= 11 is 5.62. The van der Waals surface area contributed by atoms with E-state index < -0.39 is 0 Å². The largest absolute Gasteiger partial charge is 0.291 e. The van der Waals surface area contributed by atoms with E-state index in [0.29, 0.717) is 6.54 Å². The lowest BCUT2D eigenvalue weighted by Crippen LogP contribution is -2.22. The number of aryl methyl sites for hydroxylation is 1. The lowest BCUT2D eigenvalue weighted by atomic mass is 10.4. The van der Waals surface area contributed by atoms with Gasteiger partial charge < -0.3 is 0 Å². The molecule has 0 aliphatic carbocycles. The average molecular weight is 254 g/mol. The van der Waals surface area contributed by atoms with Gasteiger partial charge in [0.1, 0.15) is 17.3 Å². The second kappa shape index (κ2) is 5.09. The molecule has 90 valence electrons. The van der Waals surface area contributed by atoms with E-state index in [1.165, 1.54) is 23.3 Å². The van der Waals surface area contributed by atoms with Crippen molar-refractivity contribution in [3.63, 3.8) is 0 Å². The zero-order chi connectivity index (χ0) is 12.3. The zero-order valence-electron chi connectivity index (χ0n) is 9.38. The van der Waals surface area contributed by atoms with Gasteiger partial charge >= 0.3 is 0 Å². The van der Waals surface area contributed by atoms with Crippen LogP contribution >= 0.6 is 11.6 Å². The number of hydrogen-bond donors (Lipinski definition) is 0. The van der Waals surface area contributed by atoms with Crippen LogP contribution in [0.1, 0.15) is 19.2 Å². The maximum Gasteiger partial charge on any atom is 0.255 e. The first-order valence-corrected chi connectivity index (χ1v) is 5.67. The Morgan fingerprint density at radius 3 is 2.94 bits per heavy atom. The third-order valence-corrected chi connectivity index (χ3v) is 2.50. The lowest BCUT2D eigenvalue weighted by molar-refractivity contribution is 0.548. The van der Waals surface area contributed by atoms with Gasteiger partial charge in [0.05, 0.1) is 12.9 Å². The molecule has 0 radical (unpaired) electrons. The molecule has 6 nitrogen and oxygen atoms in total. The number of nitrogens with zero attached hydrogens (tertiary/aromatic N) is 5. The molecule has 0 saturated carbocycles. The van der Waals surface area contributed by atoms with Gasteiger partial charge in [-0.05, 0) is 6.42 Å². The molecule has 2 aromatic rings. The molecule has 0 amide bonds. The summed E-state index contributed by atoms with van der Waals surface area (Å²) in [5.41, 5.74) is -0.198. The maximum absolute atomic E-state index is 11.6. The van der Waals surface area contributed by atoms with Crippen molar-refractivity contribution in [3.05, 3.63) is 40.1 Å². The molecule has 0 fully saturated rings. The lowest BCUT2D eigenvalue weighted by Gasteiger charge is -2.06. The van der Waals surface area contributed by atoms with Gasteiger partial charge in [0.15, 0.2) is 0 Å². The Kier molecular flexibility index (Phi) is 3.53. The molecule has 0 spiro atoms. The van der Waals surface area contributed by atoms with Gasteiger partial charge in [0.25, 0.3) is 5.56 Å². The molecule has 0 aliphatic heterocycles. The monoisotopic (exact) mass is 253 g/mol. The van der Waals surface area contributed by atoms with Crippen LogP contribution in [0.25, 0.3) is 0 Å². The molecular weight excluding hydrogens is 242 g/mol. The third kappa shape index (κ3) is 2.71. The quantitative estimate of drug-likeness (QED) is 0.761. The highest BCUT2D eigenvalue weighted by Crippen LogP contribution is 2.00. The van der Waals surface area contributed by atoms with Crippen molar-refractivity contribution in [2.24, 2.45) is 0 Å². The highest BCUT2D eigenvalue weighted by atomic mass is 35.5. The van der Waals surface area contributed by atoms with Crippen molar-refractivity contribution in [3.8, 4) is 0 Å². The van der Waals surface area contributed by atoms with Crippen LogP contribution < -0.4 is 5.56 Å². The molecule has 2 heterocycles. The number of rotatable bonds is 4. The number of halogens is 1. The molecular formula is C10H12ClN5O. The molecule has 0 unspecified atom stereocenters. The first-order chi connectivity index (χ1) is 8.20. The predicted molar refractivity (Wildman–Crippen MR) is 62.9 cm³/mol. The molecule has 2 aromatic heterocycles. The van der Waals surface area contributed by atoms with E-state index in [0.717, 1.165) is 18.8 Å². The summed E-state index contributed by atoms with van der Waals surface area (Å²) in [6, 6.07) is 1.28. The Bertz CT molecular complexity index is 562. The first kappa shape index (κ1) is 11.8. The van der Waals surface area contributed by atoms with Crippen LogP contribution in [0.3, 0.4) is 0 Å². The van der Waals surface area contributed by atoms with Gasteiger partial charge in [-0.25, -0.2) is 14.6 Å². The molecule has 7 heteroatoms. The van der Waals surface area contributed by atoms with Crippen LogP contribution in [0.15, 0.2) is 23.5 Å². The van der Waals surface area contributed by atoms with Crippen LogP contribution in [0.2, 0.25) is 5.15 Å². The van der Waals surface area contributed by atoms with Gasteiger partial charge in [-0.3, -0.25) is 9.36 Å². The van der Waals surface area contributed by atoms with E-state index in [-0.39, 0.29) is 10.7 Å². The highest BCUT2D eigenvalue weighted by molar-refractivity contribution is 6.29. The summed E-state index contributed by atoms with van der Waals surface area (Å²) in [7, 11) is 0. The summed E-state index contributed by atoms with van der Waals surface area (Å²) in [5, 5.41) is 4.29. The van der Waals surface area contributed by atoms with Crippen molar-refractivity contribution in [2.45, 2.75) is 26.4 Å². The van der Waals surface area contributed by atoms with Crippen molar-refractivity contribution in [2.75, 3.05) is 0 Å². The van der Waals surface area contributed by atoms with Gasteiger partial charge in [-0.1, -0.05) is 18.5 Å². The summed E-state index contributed by atoms with van der Waals surface area (Å²) in [4.78, 5) is 19.6. The Hall–Kier alpha value is -1.69. The topological polar surface area (TPSA) is 65.6 Å². The van der Waals surface area contributed by atoms with Gasteiger partial charge in [-0.15, -0.1) is 0 Å². The Labute approximate surface area is 103 Å². The number of aromatic nitrogens is 5. The van der Waals surface area contributed by atoms with Crippen LogP contribution in [0.4, 0.5) is 0 Å². The van der Waals surface area contributed by atoms with Crippen molar-refractivity contribution in [1.29, 1.82) is 0 Å². The Morgan fingerprint density at radius 2 is 2.24 bits per heavy atom. The van der Waals surface area contributed by atoms with E-state index in [1.54, 1.807) is 4.68 Å². The summed E-state index contributed by atoms with van der Waals surface area (Å²) in [5.74, 6) is 0.734. The fraction of sp³-hybridized carbons (Fsp3) is 0.400. The van der Waals surface area contributed by atoms with Crippen LogP contribution in [-0.2, 0) is 13.1 Å². The van der Waals surface area contributed by atoms with E-state index in [1.807, 2.05) is 0 Å². The van der Waals surface area contributed by atoms with E-state index in [4.69, 9.17) is 11.6 Å². The predicted octanol–water partition coefficient (Wildman–Crippen LogP) is 0.947. The minimum Gasteiger partial charge on any atom is -0.291 e. The molecule has 0 atom stereocenters. The fourth-order valence-electron chi connectivity index (χ4n) is 1.48. The minimum absolute atomic E-state index is 0.196. The van der Waals surface area contributed by atoms with E-state index in [2.05, 4.69) is 22.0 Å². The summed E-state index contributed by atoms with van der Waals surface area (Å²) in [6.07, 6.45) is 3.86.